The Kier molecular flexibility index (Phi) is 6.49. The van der Waals surface area contributed by atoms with Gasteiger partial charge >= 0.3 is 6.09 Å². The molecule has 1 amide bonds. The first kappa shape index (κ1) is 19.2. The predicted molar refractivity (Wildman–Crippen MR) is 99.9 cm³/mol. The highest BCUT2D eigenvalue weighted by molar-refractivity contribution is 5.84. The van der Waals surface area contributed by atoms with Crippen molar-refractivity contribution in [1.82, 2.24) is 0 Å². The Bertz CT molecular complexity index is 757. The van der Waals surface area contributed by atoms with E-state index in [1.54, 1.807) is 49.6 Å². The Morgan fingerprint density at radius 3 is 2.38 bits per heavy atom. The molecule has 138 valence electrons. The van der Waals surface area contributed by atoms with Crippen molar-refractivity contribution in [3.05, 3.63) is 60.7 Å². The molecular weight excluding hydrogens is 334 g/mol. The second kappa shape index (κ2) is 8.80. The second-order valence-corrected chi connectivity index (χ2v) is 5.71. The van der Waals surface area contributed by atoms with E-state index in [1.807, 2.05) is 6.92 Å². The van der Waals surface area contributed by atoms with Crippen LogP contribution in [0.3, 0.4) is 0 Å². The first-order chi connectivity index (χ1) is 12.5. The zero-order valence-corrected chi connectivity index (χ0v) is 15.1. The number of carbonyl (C=O) groups is 1. The molecule has 0 aliphatic heterocycles. The number of aromatic hydroxyl groups is 1. The number of amides is 1. The van der Waals surface area contributed by atoms with Crippen LogP contribution >= 0.6 is 0 Å². The summed E-state index contributed by atoms with van der Waals surface area (Å²) in [5.74, 6) is 0.854. The molecule has 0 bridgehead atoms. The molecule has 2 N–H and O–H groups in total. The normalized spacial score (nSPS) is 12.6. The highest BCUT2D eigenvalue weighted by Gasteiger charge is 2.23. The van der Waals surface area contributed by atoms with Gasteiger partial charge in [0.1, 0.15) is 11.9 Å². The molecule has 0 aromatic heterocycles. The minimum absolute atomic E-state index is 0.0228. The smallest absolute Gasteiger partial charge is 0.412 e. The minimum Gasteiger partial charge on any atom is -0.504 e. The van der Waals surface area contributed by atoms with E-state index in [0.717, 1.165) is 0 Å². The maximum Gasteiger partial charge on any atom is 0.412 e. The van der Waals surface area contributed by atoms with Crippen molar-refractivity contribution in [3.8, 4) is 17.2 Å². The molecule has 0 saturated heterocycles. The SMILES string of the molecule is C=C[C@H](C)[C@H](OC(=O)Nc1ccc(OC)cc1)c1ccc(OC)c(O)c1. The Morgan fingerprint density at radius 1 is 1.15 bits per heavy atom. The predicted octanol–water partition coefficient (Wildman–Crippen LogP) is 4.52. The summed E-state index contributed by atoms with van der Waals surface area (Å²) in [7, 11) is 3.04. The van der Waals surface area contributed by atoms with Crippen LogP contribution < -0.4 is 14.8 Å². The molecule has 0 radical (unpaired) electrons. The topological polar surface area (TPSA) is 77.0 Å². The average molecular weight is 357 g/mol. The number of benzene rings is 2. The third kappa shape index (κ3) is 4.69. The van der Waals surface area contributed by atoms with Gasteiger partial charge in [-0.3, -0.25) is 5.32 Å². The fourth-order valence-corrected chi connectivity index (χ4v) is 2.42. The number of hydrogen-bond acceptors (Lipinski definition) is 5. The van der Waals surface area contributed by atoms with E-state index >= 15 is 0 Å². The van der Waals surface area contributed by atoms with Crippen LogP contribution in [0.2, 0.25) is 0 Å². The monoisotopic (exact) mass is 357 g/mol. The number of hydrogen-bond donors (Lipinski definition) is 2. The van der Waals surface area contributed by atoms with Gasteiger partial charge in [-0.15, -0.1) is 6.58 Å². The average Bonchev–Trinajstić information content (AvgIpc) is 2.66. The standard InChI is InChI=1S/C20H23NO5/c1-5-13(2)19(14-6-11-18(25-4)17(22)12-14)26-20(23)21-15-7-9-16(24-3)10-8-15/h5-13,19,22H,1H2,2-4H3,(H,21,23)/t13-,19-/m0/s1. The van der Waals surface area contributed by atoms with E-state index in [9.17, 15) is 9.90 Å². The largest absolute Gasteiger partial charge is 0.504 e. The van der Waals surface area contributed by atoms with Gasteiger partial charge in [-0.25, -0.2) is 4.79 Å². The number of phenolic OH excluding ortho intramolecular Hbond substituents is 1. The summed E-state index contributed by atoms with van der Waals surface area (Å²) in [6, 6.07) is 11.8. The molecule has 0 aliphatic rings. The molecule has 2 atom stereocenters. The molecule has 0 spiro atoms. The number of rotatable bonds is 7. The lowest BCUT2D eigenvalue weighted by atomic mass is 9.97. The fraction of sp³-hybridized carbons (Fsp3) is 0.250. The second-order valence-electron chi connectivity index (χ2n) is 5.71. The number of nitrogens with one attached hydrogen (secondary N) is 1. The highest BCUT2D eigenvalue weighted by atomic mass is 16.6. The van der Waals surface area contributed by atoms with Crippen LogP contribution in [-0.4, -0.2) is 25.4 Å². The van der Waals surface area contributed by atoms with Gasteiger partial charge in [0, 0.05) is 11.6 Å². The van der Waals surface area contributed by atoms with Crippen LogP contribution in [0.5, 0.6) is 17.2 Å². The van der Waals surface area contributed by atoms with Gasteiger partial charge in [-0.2, -0.15) is 0 Å². The Morgan fingerprint density at radius 2 is 1.85 bits per heavy atom. The van der Waals surface area contributed by atoms with Crippen molar-refractivity contribution in [2.75, 3.05) is 19.5 Å². The van der Waals surface area contributed by atoms with E-state index < -0.39 is 12.2 Å². The van der Waals surface area contributed by atoms with E-state index in [0.29, 0.717) is 22.7 Å². The Balaban J connectivity index is 2.15. The Hall–Kier alpha value is -3.15. The van der Waals surface area contributed by atoms with Crippen molar-refractivity contribution in [3.63, 3.8) is 0 Å². The van der Waals surface area contributed by atoms with Crippen LogP contribution in [-0.2, 0) is 4.74 Å². The minimum atomic E-state index is -0.609. The van der Waals surface area contributed by atoms with Crippen LogP contribution in [0.15, 0.2) is 55.1 Å². The van der Waals surface area contributed by atoms with Gasteiger partial charge in [0.05, 0.1) is 14.2 Å². The van der Waals surface area contributed by atoms with Crippen LogP contribution in [0, 0.1) is 5.92 Å². The molecular formula is C20H23NO5. The van der Waals surface area contributed by atoms with Gasteiger partial charge < -0.3 is 19.3 Å². The summed E-state index contributed by atoms with van der Waals surface area (Å²) < 4.78 is 15.7. The molecule has 6 heteroatoms. The summed E-state index contributed by atoms with van der Waals surface area (Å²) in [5, 5.41) is 12.7. The van der Waals surface area contributed by atoms with Crippen LogP contribution in [0.1, 0.15) is 18.6 Å². The van der Waals surface area contributed by atoms with Crippen LogP contribution in [0.25, 0.3) is 0 Å². The van der Waals surface area contributed by atoms with Gasteiger partial charge in [-0.1, -0.05) is 19.1 Å². The van der Waals surface area contributed by atoms with Crippen molar-refractivity contribution in [2.24, 2.45) is 5.92 Å². The number of anilines is 1. The summed E-state index contributed by atoms with van der Waals surface area (Å²) >= 11 is 0. The summed E-state index contributed by atoms with van der Waals surface area (Å²) in [6.07, 6.45) is 0.471. The molecule has 2 rings (SSSR count). The van der Waals surface area contributed by atoms with E-state index in [1.165, 1.54) is 13.2 Å². The maximum absolute atomic E-state index is 12.3. The van der Waals surface area contributed by atoms with Crippen molar-refractivity contribution in [1.29, 1.82) is 0 Å². The van der Waals surface area contributed by atoms with Gasteiger partial charge in [0.2, 0.25) is 0 Å². The number of carbonyl (C=O) groups excluding carboxylic acids is 1. The fourth-order valence-electron chi connectivity index (χ4n) is 2.42. The molecule has 6 nitrogen and oxygen atoms in total. The van der Waals surface area contributed by atoms with E-state index in [2.05, 4.69) is 11.9 Å². The molecule has 0 heterocycles. The first-order valence-electron chi connectivity index (χ1n) is 8.09. The lowest BCUT2D eigenvalue weighted by Gasteiger charge is -2.23. The van der Waals surface area contributed by atoms with Crippen LogP contribution in [0.4, 0.5) is 10.5 Å². The van der Waals surface area contributed by atoms with E-state index in [-0.39, 0.29) is 11.7 Å². The molecule has 0 saturated carbocycles. The maximum atomic E-state index is 12.3. The molecule has 0 aliphatic carbocycles. The van der Waals surface area contributed by atoms with Crippen molar-refractivity contribution in [2.45, 2.75) is 13.0 Å². The number of methoxy groups -OCH3 is 2. The molecule has 26 heavy (non-hydrogen) atoms. The third-order valence-electron chi connectivity index (χ3n) is 3.95. The summed E-state index contributed by atoms with van der Waals surface area (Å²) in [6.45, 7) is 5.64. The zero-order chi connectivity index (χ0) is 19.1. The summed E-state index contributed by atoms with van der Waals surface area (Å²) in [4.78, 5) is 12.3. The molecule has 2 aromatic carbocycles. The molecule has 0 fully saturated rings. The van der Waals surface area contributed by atoms with Crippen molar-refractivity contribution >= 4 is 11.8 Å². The number of phenols is 1. The lowest BCUT2D eigenvalue weighted by Crippen LogP contribution is -2.21. The Labute approximate surface area is 153 Å². The van der Waals surface area contributed by atoms with E-state index in [4.69, 9.17) is 14.2 Å². The van der Waals surface area contributed by atoms with Gasteiger partial charge in [0.25, 0.3) is 0 Å². The van der Waals surface area contributed by atoms with Gasteiger partial charge in [-0.05, 0) is 42.0 Å². The highest BCUT2D eigenvalue weighted by Crippen LogP contribution is 2.34. The third-order valence-corrected chi connectivity index (χ3v) is 3.95. The molecule has 2 aromatic rings. The molecule has 0 unspecified atom stereocenters. The number of ether oxygens (including phenoxy) is 3. The first-order valence-corrected chi connectivity index (χ1v) is 8.09. The lowest BCUT2D eigenvalue weighted by molar-refractivity contribution is 0.0895. The summed E-state index contributed by atoms with van der Waals surface area (Å²) in [5.41, 5.74) is 1.22. The zero-order valence-electron chi connectivity index (χ0n) is 15.1. The van der Waals surface area contributed by atoms with Gasteiger partial charge in [0.15, 0.2) is 11.5 Å². The quantitative estimate of drug-likeness (QED) is 0.712. The van der Waals surface area contributed by atoms with Crippen molar-refractivity contribution < 1.29 is 24.1 Å².